The number of carbonyl (C=O) groups is 1. The Kier molecular flexibility index (Phi) is 3.17. The molecule has 0 saturated heterocycles. The molecular formula is C17H11N3O3S. The summed E-state index contributed by atoms with van der Waals surface area (Å²) in [7, 11) is 0. The van der Waals surface area contributed by atoms with Gasteiger partial charge in [-0.05, 0) is 35.5 Å². The number of benzene rings is 2. The SMILES string of the molecule is O=C1C2=C(c3ccccc31)C(c1ccc([N+](=O)[O-])cc1)NC(=S)N2. The second-order valence-corrected chi connectivity index (χ2v) is 5.95. The van der Waals surface area contributed by atoms with E-state index in [0.717, 1.165) is 16.7 Å². The number of nitro groups is 1. The minimum atomic E-state index is -0.441. The summed E-state index contributed by atoms with van der Waals surface area (Å²) in [5.41, 5.74) is 3.60. The lowest BCUT2D eigenvalue weighted by molar-refractivity contribution is -0.384. The molecule has 6 nitrogen and oxygen atoms in total. The zero-order chi connectivity index (χ0) is 16.8. The van der Waals surface area contributed by atoms with Crippen LogP contribution in [0.25, 0.3) is 5.57 Å². The lowest BCUT2D eigenvalue weighted by atomic mass is 9.92. The van der Waals surface area contributed by atoms with E-state index >= 15 is 0 Å². The summed E-state index contributed by atoms with van der Waals surface area (Å²) in [5, 5.41) is 17.3. The number of Topliss-reactive ketones (excluding diaryl/α,β-unsaturated/α-hetero) is 1. The largest absolute Gasteiger partial charge is 0.351 e. The number of non-ortho nitro benzene ring substituents is 1. The van der Waals surface area contributed by atoms with Crippen LogP contribution in [0.15, 0.2) is 54.2 Å². The van der Waals surface area contributed by atoms with Gasteiger partial charge in [-0.1, -0.05) is 24.3 Å². The number of nitrogens with one attached hydrogen (secondary N) is 2. The normalized spacial score (nSPS) is 18.6. The molecule has 0 radical (unpaired) electrons. The number of thiocarbonyl (C=S) groups is 1. The minimum absolute atomic E-state index is 0.0207. The summed E-state index contributed by atoms with van der Waals surface area (Å²) in [5.74, 6) is -0.0867. The van der Waals surface area contributed by atoms with Crippen molar-refractivity contribution in [3.8, 4) is 0 Å². The number of nitrogens with zero attached hydrogens (tertiary/aromatic N) is 1. The van der Waals surface area contributed by atoms with E-state index in [1.807, 2.05) is 18.2 Å². The minimum Gasteiger partial charge on any atom is -0.351 e. The van der Waals surface area contributed by atoms with Gasteiger partial charge in [0, 0.05) is 23.3 Å². The number of rotatable bonds is 2. The number of ketones is 1. The maximum atomic E-state index is 12.6. The number of hydrogen-bond acceptors (Lipinski definition) is 4. The Morgan fingerprint density at radius 1 is 1.04 bits per heavy atom. The van der Waals surface area contributed by atoms with E-state index in [-0.39, 0.29) is 17.5 Å². The number of allylic oxidation sites excluding steroid dienone is 1. The highest BCUT2D eigenvalue weighted by Crippen LogP contribution is 2.41. The fraction of sp³-hybridized carbons (Fsp3) is 0.0588. The Bertz CT molecular complexity index is 934. The lowest BCUT2D eigenvalue weighted by Crippen LogP contribution is -2.43. The Morgan fingerprint density at radius 2 is 1.71 bits per heavy atom. The maximum Gasteiger partial charge on any atom is 0.269 e. The Hall–Kier alpha value is -3.06. The molecule has 2 N–H and O–H groups in total. The van der Waals surface area contributed by atoms with E-state index in [1.54, 1.807) is 18.2 Å². The molecule has 2 aromatic rings. The van der Waals surface area contributed by atoms with Crippen LogP contribution in [0.1, 0.15) is 27.5 Å². The van der Waals surface area contributed by atoms with Gasteiger partial charge in [-0.25, -0.2) is 0 Å². The predicted octanol–water partition coefficient (Wildman–Crippen LogP) is 2.72. The van der Waals surface area contributed by atoms with Gasteiger partial charge < -0.3 is 10.6 Å². The standard InChI is InChI=1S/C17H11N3O3S/c21-16-12-4-2-1-3-11(12)13-14(18-17(24)19-15(13)16)9-5-7-10(8-6-9)20(22)23/h1-8,14H,(H2,18,19,24). The first-order valence-electron chi connectivity index (χ1n) is 7.26. The average molecular weight is 337 g/mol. The molecule has 1 atom stereocenters. The second kappa shape index (κ2) is 5.24. The first-order valence-corrected chi connectivity index (χ1v) is 7.67. The van der Waals surface area contributed by atoms with Crippen molar-refractivity contribution in [2.45, 2.75) is 6.04 Å². The van der Waals surface area contributed by atoms with Gasteiger partial charge in [0.05, 0.1) is 16.7 Å². The van der Waals surface area contributed by atoms with Crippen LogP contribution in [0.4, 0.5) is 5.69 Å². The quantitative estimate of drug-likeness (QED) is 0.498. The lowest BCUT2D eigenvalue weighted by Gasteiger charge is -2.28. The van der Waals surface area contributed by atoms with Crippen LogP contribution in [0, 0.1) is 10.1 Å². The number of hydrogen-bond donors (Lipinski definition) is 2. The van der Waals surface area contributed by atoms with Crippen LogP contribution in [0.3, 0.4) is 0 Å². The molecule has 1 heterocycles. The van der Waals surface area contributed by atoms with Crippen molar-refractivity contribution in [2.75, 3.05) is 0 Å². The molecule has 0 bridgehead atoms. The molecule has 0 fully saturated rings. The van der Waals surface area contributed by atoms with E-state index < -0.39 is 4.92 Å². The van der Waals surface area contributed by atoms with E-state index in [2.05, 4.69) is 10.6 Å². The smallest absolute Gasteiger partial charge is 0.269 e. The zero-order valence-electron chi connectivity index (χ0n) is 12.3. The molecule has 1 aliphatic carbocycles. The highest BCUT2D eigenvalue weighted by atomic mass is 32.1. The summed E-state index contributed by atoms with van der Waals surface area (Å²) in [4.78, 5) is 23.0. The summed E-state index contributed by atoms with van der Waals surface area (Å²) in [6, 6.07) is 13.3. The third-order valence-electron chi connectivity index (χ3n) is 4.20. The molecule has 4 rings (SSSR count). The molecule has 0 aromatic heterocycles. The summed E-state index contributed by atoms with van der Waals surface area (Å²) in [6.45, 7) is 0. The molecule has 7 heteroatoms. The highest BCUT2D eigenvalue weighted by molar-refractivity contribution is 7.80. The van der Waals surface area contributed by atoms with Crippen molar-refractivity contribution >= 4 is 34.4 Å². The topological polar surface area (TPSA) is 84.3 Å². The van der Waals surface area contributed by atoms with Gasteiger partial charge in [0.25, 0.3) is 5.69 Å². The van der Waals surface area contributed by atoms with Crippen molar-refractivity contribution in [2.24, 2.45) is 0 Å². The molecule has 0 spiro atoms. The summed E-state index contributed by atoms with van der Waals surface area (Å²) < 4.78 is 0. The van der Waals surface area contributed by atoms with E-state index in [1.165, 1.54) is 12.1 Å². The Balaban J connectivity index is 1.85. The van der Waals surface area contributed by atoms with Crippen molar-refractivity contribution in [1.82, 2.24) is 10.6 Å². The fourth-order valence-electron chi connectivity index (χ4n) is 3.12. The van der Waals surface area contributed by atoms with Crippen LogP contribution in [-0.2, 0) is 0 Å². The third-order valence-corrected chi connectivity index (χ3v) is 4.42. The van der Waals surface area contributed by atoms with Crippen molar-refractivity contribution in [3.63, 3.8) is 0 Å². The van der Waals surface area contributed by atoms with Crippen LogP contribution in [0.5, 0.6) is 0 Å². The van der Waals surface area contributed by atoms with Crippen molar-refractivity contribution < 1.29 is 9.72 Å². The van der Waals surface area contributed by atoms with Gasteiger partial charge in [0.2, 0.25) is 5.78 Å². The Labute approximate surface area is 142 Å². The average Bonchev–Trinajstić information content (AvgIpc) is 2.87. The van der Waals surface area contributed by atoms with Crippen LogP contribution >= 0.6 is 12.2 Å². The van der Waals surface area contributed by atoms with Gasteiger partial charge in [0.15, 0.2) is 5.11 Å². The van der Waals surface area contributed by atoms with Gasteiger partial charge in [-0.2, -0.15) is 0 Å². The Morgan fingerprint density at radius 3 is 2.38 bits per heavy atom. The van der Waals surface area contributed by atoms with Crippen molar-refractivity contribution in [3.05, 3.63) is 81.0 Å². The molecule has 1 unspecified atom stereocenters. The molecule has 0 saturated carbocycles. The van der Waals surface area contributed by atoms with E-state index in [4.69, 9.17) is 12.2 Å². The molecule has 24 heavy (non-hydrogen) atoms. The molecule has 118 valence electrons. The van der Waals surface area contributed by atoms with Crippen LogP contribution in [-0.4, -0.2) is 15.8 Å². The first kappa shape index (κ1) is 14.5. The molecule has 0 amide bonds. The zero-order valence-corrected chi connectivity index (χ0v) is 13.1. The molecular weight excluding hydrogens is 326 g/mol. The molecule has 2 aromatic carbocycles. The fourth-order valence-corrected chi connectivity index (χ4v) is 3.34. The number of fused-ring (bicyclic) bond motifs is 2. The van der Waals surface area contributed by atoms with Gasteiger partial charge in [-0.15, -0.1) is 0 Å². The first-order chi connectivity index (χ1) is 11.6. The summed E-state index contributed by atoms with van der Waals surface area (Å²) >= 11 is 5.22. The van der Waals surface area contributed by atoms with Crippen LogP contribution in [0.2, 0.25) is 0 Å². The van der Waals surface area contributed by atoms with Gasteiger partial charge >= 0.3 is 0 Å². The third kappa shape index (κ3) is 2.10. The van der Waals surface area contributed by atoms with Gasteiger partial charge in [-0.3, -0.25) is 14.9 Å². The molecule has 1 aliphatic heterocycles. The number of carbonyl (C=O) groups excluding carboxylic acids is 1. The van der Waals surface area contributed by atoms with Crippen molar-refractivity contribution in [1.29, 1.82) is 0 Å². The molecule has 2 aliphatic rings. The second-order valence-electron chi connectivity index (χ2n) is 5.54. The van der Waals surface area contributed by atoms with Gasteiger partial charge in [0.1, 0.15) is 0 Å². The summed E-state index contributed by atoms with van der Waals surface area (Å²) in [6.07, 6.45) is 0. The van der Waals surface area contributed by atoms with E-state index in [0.29, 0.717) is 16.4 Å². The monoisotopic (exact) mass is 337 g/mol. The highest BCUT2D eigenvalue weighted by Gasteiger charge is 2.38. The number of nitro benzene ring substituents is 1. The predicted molar refractivity (Wildman–Crippen MR) is 92.4 cm³/mol. The maximum absolute atomic E-state index is 12.6. The van der Waals surface area contributed by atoms with E-state index in [9.17, 15) is 14.9 Å². The van der Waals surface area contributed by atoms with Crippen LogP contribution < -0.4 is 10.6 Å².